The van der Waals surface area contributed by atoms with Gasteiger partial charge in [0, 0.05) is 19.3 Å². The number of aryl methyl sites for hydroxylation is 3. The SMILES string of the molecule is Cc1cccc(Oc2ccnc(NCc3c(-c4ccc(O[C@H]5CCC[C@H](C(=O)O)C5)c(C)n4)nnn3C)n2)c1. The van der Waals surface area contributed by atoms with Crippen LogP contribution in [0.3, 0.4) is 0 Å². The van der Waals surface area contributed by atoms with Crippen molar-refractivity contribution >= 4 is 11.9 Å². The first-order valence-electron chi connectivity index (χ1n) is 12.9. The van der Waals surface area contributed by atoms with Crippen molar-refractivity contribution in [2.24, 2.45) is 13.0 Å². The van der Waals surface area contributed by atoms with Gasteiger partial charge in [-0.1, -0.05) is 17.3 Å². The molecule has 1 saturated carbocycles. The predicted molar refractivity (Wildman–Crippen MR) is 144 cm³/mol. The fourth-order valence-corrected chi connectivity index (χ4v) is 4.68. The minimum atomic E-state index is -0.756. The molecule has 1 aliphatic carbocycles. The smallest absolute Gasteiger partial charge is 0.306 e. The standard InChI is InChI=1S/C28H31N7O4/c1-17-6-4-8-20(14-17)39-25-12-13-29-28(32-25)30-16-23-26(33-34-35(23)3)22-10-11-24(18(2)31-22)38-21-9-5-7-19(15-21)27(36)37/h4,6,8,10-14,19,21H,5,7,9,15-16H2,1-3H3,(H,36,37)(H,29,30,32)/t19-,21-/m0/s1. The molecule has 11 nitrogen and oxygen atoms in total. The van der Waals surface area contributed by atoms with Gasteiger partial charge < -0.3 is 19.9 Å². The Balaban J connectivity index is 1.27. The number of carboxylic acid groups (broad SMARTS) is 1. The molecule has 0 spiro atoms. The van der Waals surface area contributed by atoms with Crippen LogP contribution in [0.5, 0.6) is 17.4 Å². The number of rotatable bonds is 9. The third-order valence-electron chi connectivity index (χ3n) is 6.75. The monoisotopic (exact) mass is 529 g/mol. The first-order valence-corrected chi connectivity index (χ1v) is 12.9. The number of pyridine rings is 1. The van der Waals surface area contributed by atoms with E-state index in [1.165, 1.54) is 0 Å². The average molecular weight is 530 g/mol. The van der Waals surface area contributed by atoms with Crippen LogP contribution in [0.1, 0.15) is 42.6 Å². The fourth-order valence-electron chi connectivity index (χ4n) is 4.68. The Morgan fingerprint density at radius 1 is 1.15 bits per heavy atom. The summed E-state index contributed by atoms with van der Waals surface area (Å²) in [5.74, 6) is 1.08. The number of aliphatic carboxylic acids is 1. The van der Waals surface area contributed by atoms with Crippen molar-refractivity contribution in [3.8, 4) is 28.8 Å². The number of carbonyl (C=O) groups is 1. The first kappa shape index (κ1) is 26.1. The summed E-state index contributed by atoms with van der Waals surface area (Å²) in [6, 6.07) is 13.2. The van der Waals surface area contributed by atoms with Gasteiger partial charge in [0.2, 0.25) is 11.8 Å². The number of hydrogen-bond acceptors (Lipinski definition) is 9. The maximum Gasteiger partial charge on any atom is 0.306 e. The van der Waals surface area contributed by atoms with E-state index in [4.69, 9.17) is 14.5 Å². The van der Waals surface area contributed by atoms with Crippen LogP contribution in [0.25, 0.3) is 11.4 Å². The van der Waals surface area contributed by atoms with Crippen molar-refractivity contribution in [1.29, 1.82) is 0 Å². The highest BCUT2D eigenvalue weighted by atomic mass is 16.5. The van der Waals surface area contributed by atoms with Gasteiger partial charge in [0.25, 0.3) is 0 Å². The quantitative estimate of drug-likeness (QED) is 0.313. The van der Waals surface area contributed by atoms with Crippen molar-refractivity contribution in [3.63, 3.8) is 0 Å². The van der Waals surface area contributed by atoms with Crippen LogP contribution in [-0.4, -0.2) is 47.1 Å². The van der Waals surface area contributed by atoms with Crippen molar-refractivity contribution < 1.29 is 19.4 Å². The van der Waals surface area contributed by atoms with Crippen LogP contribution in [-0.2, 0) is 18.4 Å². The van der Waals surface area contributed by atoms with E-state index in [-0.39, 0.29) is 12.0 Å². The normalized spacial score (nSPS) is 17.0. The molecule has 1 aromatic carbocycles. The summed E-state index contributed by atoms with van der Waals surface area (Å²) in [5.41, 5.74) is 3.91. The van der Waals surface area contributed by atoms with Gasteiger partial charge in [-0.3, -0.25) is 4.79 Å². The minimum absolute atomic E-state index is 0.131. The predicted octanol–water partition coefficient (Wildman–Crippen LogP) is 4.71. The zero-order chi connectivity index (χ0) is 27.4. The Morgan fingerprint density at radius 2 is 2.03 bits per heavy atom. The number of carboxylic acids is 1. The third-order valence-corrected chi connectivity index (χ3v) is 6.75. The molecule has 4 aromatic rings. The number of hydrogen-bond donors (Lipinski definition) is 2. The topological polar surface area (TPSA) is 137 Å². The zero-order valence-electron chi connectivity index (χ0n) is 22.2. The van der Waals surface area contributed by atoms with E-state index >= 15 is 0 Å². The molecule has 2 atom stereocenters. The largest absolute Gasteiger partial charge is 0.489 e. The third kappa shape index (κ3) is 6.31. The second-order valence-electron chi connectivity index (χ2n) is 9.72. The maximum absolute atomic E-state index is 11.4. The van der Waals surface area contributed by atoms with Crippen LogP contribution in [0.4, 0.5) is 5.95 Å². The molecule has 0 bridgehead atoms. The number of nitrogens with zero attached hydrogens (tertiary/aromatic N) is 6. The number of aromatic nitrogens is 6. The van der Waals surface area contributed by atoms with E-state index < -0.39 is 5.97 Å². The average Bonchev–Trinajstić information content (AvgIpc) is 3.29. The molecule has 0 saturated heterocycles. The molecule has 0 radical (unpaired) electrons. The van der Waals surface area contributed by atoms with E-state index in [9.17, 15) is 9.90 Å². The van der Waals surface area contributed by atoms with Gasteiger partial charge >= 0.3 is 5.97 Å². The lowest BCUT2D eigenvalue weighted by Gasteiger charge is -2.27. The highest BCUT2D eigenvalue weighted by Crippen LogP contribution is 2.30. The maximum atomic E-state index is 11.4. The highest BCUT2D eigenvalue weighted by Gasteiger charge is 2.28. The summed E-state index contributed by atoms with van der Waals surface area (Å²) in [6.45, 7) is 4.24. The van der Waals surface area contributed by atoms with Crippen LogP contribution >= 0.6 is 0 Å². The van der Waals surface area contributed by atoms with Crippen molar-refractivity contribution in [1.82, 2.24) is 29.9 Å². The van der Waals surface area contributed by atoms with Crippen molar-refractivity contribution in [2.75, 3.05) is 5.32 Å². The van der Waals surface area contributed by atoms with Gasteiger partial charge in [0.15, 0.2) is 0 Å². The van der Waals surface area contributed by atoms with E-state index in [0.29, 0.717) is 59.8 Å². The van der Waals surface area contributed by atoms with Gasteiger partial charge in [-0.25, -0.2) is 14.6 Å². The number of nitrogens with one attached hydrogen (secondary N) is 1. The second kappa shape index (κ2) is 11.5. The number of benzene rings is 1. The van der Waals surface area contributed by atoms with Crippen molar-refractivity contribution in [2.45, 2.75) is 52.2 Å². The van der Waals surface area contributed by atoms with Crippen LogP contribution in [0, 0.1) is 19.8 Å². The highest BCUT2D eigenvalue weighted by molar-refractivity contribution is 5.70. The Kier molecular flexibility index (Phi) is 7.67. The summed E-state index contributed by atoms with van der Waals surface area (Å²) < 4.78 is 13.7. The molecule has 11 heteroatoms. The first-order chi connectivity index (χ1) is 18.9. The molecular formula is C28H31N7O4. The molecule has 2 N–H and O–H groups in total. The molecule has 202 valence electrons. The van der Waals surface area contributed by atoms with Crippen LogP contribution in [0.2, 0.25) is 0 Å². The van der Waals surface area contributed by atoms with Gasteiger partial charge in [-0.2, -0.15) is 4.98 Å². The molecule has 1 fully saturated rings. The Morgan fingerprint density at radius 3 is 2.82 bits per heavy atom. The lowest BCUT2D eigenvalue weighted by molar-refractivity contribution is -0.143. The summed E-state index contributed by atoms with van der Waals surface area (Å²) in [5, 5.41) is 21.1. The van der Waals surface area contributed by atoms with Gasteiger partial charge in [0.05, 0.1) is 35.6 Å². The Bertz CT molecular complexity index is 1470. The fraction of sp³-hybridized carbons (Fsp3) is 0.357. The van der Waals surface area contributed by atoms with Gasteiger partial charge in [-0.05, 0) is 69.4 Å². The van der Waals surface area contributed by atoms with Gasteiger partial charge in [-0.15, -0.1) is 5.10 Å². The summed E-state index contributed by atoms with van der Waals surface area (Å²) in [6.07, 6.45) is 4.39. The lowest BCUT2D eigenvalue weighted by atomic mass is 9.87. The Hall–Kier alpha value is -4.54. The van der Waals surface area contributed by atoms with E-state index in [0.717, 1.165) is 24.1 Å². The van der Waals surface area contributed by atoms with Gasteiger partial charge in [0.1, 0.15) is 17.2 Å². The molecular weight excluding hydrogens is 498 g/mol. The summed E-state index contributed by atoms with van der Waals surface area (Å²) >= 11 is 0. The number of anilines is 1. The molecule has 0 amide bonds. The second-order valence-corrected chi connectivity index (χ2v) is 9.72. The zero-order valence-corrected chi connectivity index (χ0v) is 22.2. The van der Waals surface area contributed by atoms with E-state index in [1.54, 1.807) is 16.9 Å². The molecule has 5 rings (SSSR count). The lowest BCUT2D eigenvalue weighted by Crippen LogP contribution is -2.29. The molecule has 1 aliphatic rings. The van der Waals surface area contributed by atoms with E-state index in [1.807, 2.05) is 57.3 Å². The number of ether oxygens (including phenoxy) is 2. The molecule has 39 heavy (non-hydrogen) atoms. The minimum Gasteiger partial charge on any atom is -0.489 e. The Labute approximate surface area is 226 Å². The van der Waals surface area contributed by atoms with Crippen LogP contribution < -0.4 is 14.8 Å². The summed E-state index contributed by atoms with van der Waals surface area (Å²) in [7, 11) is 1.82. The molecule has 0 unspecified atom stereocenters. The summed E-state index contributed by atoms with van der Waals surface area (Å²) in [4.78, 5) is 24.9. The van der Waals surface area contributed by atoms with Crippen molar-refractivity contribution in [3.05, 3.63) is 65.6 Å². The van der Waals surface area contributed by atoms with E-state index in [2.05, 4.69) is 25.6 Å². The molecule has 3 heterocycles. The van der Waals surface area contributed by atoms with Crippen LogP contribution in [0.15, 0.2) is 48.7 Å². The molecule has 0 aliphatic heterocycles. The molecule has 3 aromatic heterocycles.